The molecular weight excluding hydrogens is 250 g/mol. The largest absolute Gasteiger partial charge is 0.325 e. The molecule has 0 aliphatic carbocycles. The molecule has 20 heavy (non-hydrogen) atoms. The van der Waals surface area contributed by atoms with Gasteiger partial charge in [-0.3, -0.25) is 9.69 Å². The molecule has 106 valence electrons. The smallest absolute Gasteiger partial charge is 0.238 e. The second-order valence-corrected chi connectivity index (χ2v) is 5.77. The van der Waals surface area contributed by atoms with Crippen LogP contribution < -0.4 is 5.32 Å². The van der Waals surface area contributed by atoms with Crippen LogP contribution in [0.1, 0.15) is 25.8 Å². The number of hydrogen-bond donors (Lipinski definition) is 1. The number of rotatable bonds is 4. The fourth-order valence-electron chi connectivity index (χ4n) is 2.62. The van der Waals surface area contributed by atoms with E-state index >= 15 is 0 Å². The van der Waals surface area contributed by atoms with E-state index in [9.17, 15) is 4.79 Å². The van der Waals surface area contributed by atoms with Crippen molar-refractivity contribution < 1.29 is 4.79 Å². The van der Waals surface area contributed by atoms with Crippen LogP contribution in [0.15, 0.2) is 24.3 Å². The number of nitriles is 1. The maximum atomic E-state index is 12.0. The fourth-order valence-corrected chi connectivity index (χ4v) is 2.62. The van der Waals surface area contributed by atoms with Gasteiger partial charge < -0.3 is 5.32 Å². The molecule has 1 aliphatic heterocycles. The predicted octanol–water partition coefficient (Wildman–Crippen LogP) is 2.47. The Bertz CT molecular complexity index is 519. The van der Waals surface area contributed by atoms with Crippen LogP contribution in [0.3, 0.4) is 0 Å². The lowest BCUT2D eigenvalue weighted by Gasteiger charge is -2.17. The highest BCUT2D eigenvalue weighted by molar-refractivity contribution is 5.92. The predicted molar refractivity (Wildman–Crippen MR) is 79.2 cm³/mol. The van der Waals surface area contributed by atoms with Gasteiger partial charge in [0, 0.05) is 12.2 Å². The van der Waals surface area contributed by atoms with Gasteiger partial charge in [0.05, 0.1) is 18.2 Å². The van der Waals surface area contributed by atoms with Crippen LogP contribution in [0.25, 0.3) is 0 Å². The third-order valence-corrected chi connectivity index (χ3v) is 3.89. The molecule has 0 saturated carbocycles. The molecule has 1 heterocycles. The van der Waals surface area contributed by atoms with Crippen molar-refractivity contribution in [2.75, 3.05) is 25.0 Å². The molecule has 1 fully saturated rings. The monoisotopic (exact) mass is 271 g/mol. The first-order chi connectivity index (χ1) is 9.58. The molecule has 4 nitrogen and oxygen atoms in total. The summed E-state index contributed by atoms with van der Waals surface area (Å²) < 4.78 is 0. The second-order valence-electron chi connectivity index (χ2n) is 5.77. The Labute approximate surface area is 120 Å². The zero-order chi connectivity index (χ0) is 14.5. The molecule has 1 amide bonds. The lowest BCUT2D eigenvalue weighted by Crippen LogP contribution is -2.32. The zero-order valence-electron chi connectivity index (χ0n) is 12.1. The number of hydrogen-bond acceptors (Lipinski definition) is 3. The molecule has 1 aromatic carbocycles. The minimum absolute atomic E-state index is 0.00973. The summed E-state index contributed by atoms with van der Waals surface area (Å²) in [5, 5.41) is 11.7. The minimum atomic E-state index is -0.00973. The van der Waals surface area contributed by atoms with E-state index in [2.05, 4.69) is 30.1 Å². The minimum Gasteiger partial charge on any atom is -0.325 e. The van der Waals surface area contributed by atoms with Crippen molar-refractivity contribution in [3.8, 4) is 6.07 Å². The molecule has 1 N–H and O–H groups in total. The highest BCUT2D eigenvalue weighted by Crippen LogP contribution is 2.23. The van der Waals surface area contributed by atoms with Gasteiger partial charge >= 0.3 is 0 Å². The first-order valence-corrected chi connectivity index (χ1v) is 7.11. The molecule has 2 rings (SSSR count). The van der Waals surface area contributed by atoms with Crippen LogP contribution in [0, 0.1) is 23.2 Å². The first kappa shape index (κ1) is 14.5. The summed E-state index contributed by atoms with van der Waals surface area (Å²) in [5.74, 6) is 1.37. The summed E-state index contributed by atoms with van der Waals surface area (Å²) in [6.07, 6.45) is 1.18. The first-order valence-electron chi connectivity index (χ1n) is 7.11. The van der Waals surface area contributed by atoms with Gasteiger partial charge in [0.25, 0.3) is 0 Å². The van der Waals surface area contributed by atoms with Gasteiger partial charge in [-0.25, -0.2) is 0 Å². The van der Waals surface area contributed by atoms with Crippen molar-refractivity contribution >= 4 is 11.6 Å². The molecule has 0 spiro atoms. The molecule has 0 aromatic heterocycles. The third-order valence-electron chi connectivity index (χ3n) is 3.89. The Kier molecular flexibility index (Phi) is 4.75. The number of carbonyl (C=O) groups is 1. The van der Waals surface area contributed by atoms with Crippen molar-refractivity contribution in [3.63, 3.8) is 0 Å². The van der Waals surface area contributed by atoms with Crippen LogP contribution in [-0.4, -0.2) is 30.4 Å². The highest BCUT2D eigenvalue weighted by Gasteiger charge is 2.25. The Balaban J connectivity index is 1.85. The normalized spacial score (nSPS) is 19.0. The van der Waals surface area contributed by atoms with Crippen LogP contribution in [-0.2, 0) is 4.79 Å². The summed E-state index contributed by atoms with van der Waals surface area (Å²) in [5.41, 5.74) is 1.25. The molecule has 1 aliphatic rings. The van der Waals surface area contributed by atoms with E-state index in [0.29, 0.717) is 29.6 Å². The van der Waals surface area contributed by atoms with Crippen LogP contribution in [0.5, 0.6) is 0 Å². The highest BCUT2D eigenvalue weighted by atomic mass is 16.2. The standard InChI is InChI=1S/C16H21N3O/c1-12(2)14-6-7-19(10-14)11-16(20)18-15-5-3-4-13(8-15)9-17/h3-5,8,12,14H,6-7,10-11H2,1-2H3,(H,18,20). The van der Waals surface area contributed by atoms with Crippen LogP contribution in [0.4, 0.5) is 5.69 Å². The Morgan fingerprint density at radius 2 is 2.35 bits per heavy atom. The van der Waals surface area contributed by atoms with E-state index in [4.69, 9.17) is 5.26 Å². The van der Waals surface area contributed by atoms with Crippen molar-refractivity contribution in [2.45, 2.75) is 20.3 Å². The van der Waals surface area contributed by atoms with Crippen LogP contribution >= 0.6 is 0 Å². The van der Waals surface area contributed by atoms with Crippen LogP contribution in [0.2, 0.25) is 0 Å². The number of nitrogens with zero attached hydrogens (tertiary/aromatic N) is 2. The molecule has 1 saturated heterocycles. The molecule has 0 radical (unpaired) electrons. The summed E-state index contributed by atoms with van der Waals surface area (Å²) in [6, 6.07) is 9.07. The number of anilines is 1. The van der Waals surface area contributed by atoms with Gasteiger partial charge in [-0.2, -0.15) is 5.26 Å². The lowest BCUT2D eigenvalue weighted by molar-refractivity contribution is -0.117. The summed E-state index contributed by atoms with van der Waals surface area (Å²) >= 11 is 0. The average Bonchev–Trinajstić information content (AvgIpc) is 2.87. The number of benzene rings is 1. The summed E-state index contributed by atoms with van der Waals surface area (Å²) in [4.78, 5) is 14.2. The molecule has 1 aromatic rings. The number of carbonyl (C=O) groups excluding carboxylic acids is 1. The Hall–Kier alpha value is -1.86. The topological polar surface area (TPSA) is 56.1 Å². The van der Waals surface area contributed by atoms with Crippen molar-refractivity contribution in [1.29, 1.82) is 5.26 Å². The van der Waals surface area contributed by atoms with Crippen molar-refractivity contribution in [1.82, 2.24) is 4.90 Å². The van der Waals surface area contributed by atoms with E-state index in [1.807, 2.05) is 0 Å². The van der Waals surface area contributed by atoms with Gasteiger partial charge in [-0.1, -0.05) is 19.9 Å². The van der Waals surface area contributed by atoms with E-state index in [-0.39, 0.29) is 5.91 Å². The van der Waals surface area contributed by atoms with Gasteiger partial charge in [0.2, 0.25) is 5.91 Å². The zero-order valence-corrected chi connectivity index (χ0v) is 12.1. The van der Waals surface area contributed by atoms with Crippen molar-refractivity contribution in [2.24, 2.45) is 11.8 Å². The maximum Gasteiger partial charge on any atom is 0.238 e. The molecular formula is C16H21N3O. The lowest BCUT2D eigenvalue weighted by atomic mass is 9.95. The summed E-state index contributed by atoms with van der Waals surface area (Å²) in [7, 11) is 0. The fraction of sp³-hybridized carbons (Fsp3) is 0.500. The Morgan fingerprint density at radius 1 is 1.55 bits per heavy atom. The second kappa shape index (κ2) is 6.53. The number of nitrogens with one attached hydrogen (secondary N) is 1. The van der Waals surface area contributed by atoms with Gasteiger partial charge in [0.15, 0.2) is 0 Å². The Morgan fingerprint density at radius 3 is 3.00 bits per heavy atom. The molecule has 4 heteroatoms. The quantitative estimate of drug-likeness (QED) is 0.915. The van der Waals surface area contributed by atoms with Gasteiger partial charge in [-0.05, 0) is 43.0 Å². The van der Waals surface area contributed by atoms with Crippen molar-refractivity contribution in [3.05, 3.63) is 29.8 Å². The molecule has 0 bridgehead atoms. The van der Waals surface area contributed by atoms with E-state index < -0.39 is 0 Å². The van der Waals surface area contributed by atoms with E-state index in [1.165, 1.54) is 6.42 Å². The SMILES string of the molecule is CC(C)C1CCN(CC(=O)Nc2cccc(C#N)c2)C1. The summed E-state index contributed by atoms with van der Waals surface area (Å²) in [6.45, 7) is 6.90. The molecule has 1 unspecified atom stereocenters. The molecule has 1 atom stereocenters. The average molecular weight is 271 g/mol. The van der Waals surface area contributed by atoms with E-state index in [0.717, 1.165) is 13.1 Å². The van der Waals surface area contributed by atoms with Gasteiger partial charge in [0.1, 0.15) is 0 Å². The van der Waals surface area contributed by atoms with E-state index in [1.54, 1.807) is 24.3 Å². The number of amides is 1. The number of likely N-dealkylation sites (tertiary alicyclic amines) is 1. The van der Waals surface area contributed by atoms with Gasteiger partial charge in [-0.15, -0.1) is 0 Å². The third kappa shape index (κ3) is 3.82. The maximum absolute atomic E-state index is 12.0.